The molecule has 0 aliphatic carbocycles. The van der Waals surface area contributed by atoms with Gasteiger partial charge in [-0.25, -0.2) is 4.79 Å². The number of aliphatic carboxylic acids is 1. The molecule has 0 rings (SSSR count). The predicted molar refractivity (Wildman–Crippen MR) is 87.3 cm³/mol. The topological polar surface area (TPSA) is 139 Å². The third kappa shape index (κ3) is 8.58. The highest BCUT2D eigenvalue weighted by atomic mass is 16.4. The van der Waals surface area contributed by atoms with Crippen LogP contribution in [0.3, 0.4) is 0 Å². The Labute approximate surface area is 142 Å². The van der Waals surface area contributed by atoms with Gasteiger partial charge in [-0.1, -0.05) is 39.0 Å². The van der Waals surface area contributed by atoms with Crippen molar-refractivity contribution >= 4 is 11.9 Å². The van der Waals surface area contributed by atoms with Gasteiger partial charge in [-0.05, 0) is 6.42 Å². The Hall–Kier alpha value is -1.22. The average Bonchev–Trinajstić information content (AvgIpc) is 2.54. The second-order valence-corrected chi connectivity index (χ2v) is 6.06. The molecule has 0 fully saturated rings. The van der Waals surface area contributed by atoms with E-state index in [2.05, 4.69) is 6.92 Å². The first-order chi connectivity index (χ1) is 11.2. The molecule has 8 nitrogen and oxygen atoms in total. The van der Waals surface area contributed by atoms with Crippen LogP contribution in [0.2, 0.25) is 0 Å². The first-order valence-electron chi connectivity index (χ1n) is 8.42. The van der Waals surface area contributed by atoms with Crippen LogP contribution in [0.4, 0.5) is 0 Å². The standard InChI is InChI=1S/C16H31NO7/c1-3-4-5-6-7-8-9-17(11(2)18)10-12(19)13(20)14(21)15(22)16(23)24/h12-15,19-22H,3-10H2,1-2H3,(H,23,24)/t12-,13+,14+,15-/m0/s1. The van der Waals surface area contributed by atoms with Crippen LogP contribution in [-0.2, 0) is 9.59 Å². The van der Waals surface area contributed by atoms with Crippen LogP contribution < -0.4 is 0 Å². The van der Waals surface area contributed by atoms with Gasteiger partial charge in [-0.15, -0.1) is 0 Å². The van der Waals surface area contributed by atoms with Crippen LogP contribution in [0.15, 0.2) is 0 Å². The number of rotatable bonds is 13. The molecule has 5 N–H and O–H groups in total. The molecule has 0 aromatic heterocycles. The fourth-order valence-electron chi connectivity index (χ4n) is 2.35. The third-order valence-corrected chi connectivity index (χ3v) is 3.96. The van der Waals surface area contributed by atoms with Crippen LogP contribution in [-0.4, -0.2) is 79.8 Å². The highest BCUT2D eigenvalue weighted by Gasteiger charge is 2.35. The van der Waals surface area contributed by atoms with Crippen LogP contribution in [0, 0.1) is 0 Å². The normalized spacial score (nSPS) is 16.2. The average molecular weight is 349 g/mol. The maximum Gasteiger partial charge on any atom is 0.335 e. The summed E-state index contributed by atoms with van der Waals surface area (Å²) in [7, 11) is 0. The second-order valence-electron chi connectivity index (χ2n) is 6.06. The zero-order chi connectivity index (χ0) is 18.7. The molecule has 0 aliphatic heterocycles. The maximum absolute atomic E-state index is 11.6. The van der Waals surface area contributed by atoms with Gasteiger partial charge in [-0.3, -0.25) is 4.79 Å². The van der Waals surface area contributed by atoms with Crippen molar-refractivity contribution in [1.29, 1.82) is 0 Å². The molecule has 1 amide bonds. The number of carboxylic acid groups (broad SMARTS) is 1. The van der Waals surface area contributed by atoms with Crippen molar-refractivity contribution in [2.45, 2.75) is 76.8 Å². The minimum Gasteiger partial charge on any atom is -0.479 e. The lowest BCUT2D eigenvalue weighted by Crippen LogP contribution is -2.51. The summed E-state index contributed by atoms with van der Waals surface area (Å²) in [5.74, 6) is -1.99. The summed E-state index contributed by atoms with van der Waals surface area (Å²) < 4.78 is 0. The van der Waals surface area contributed by atoms with E-state index in [-0.39, 0.29) is 12.5 Å². The summed E-state index contributed by atoms with van der Waals surface area (Å²) in [4.78, 5) is 23.5. The number of nitrogens with zero attached hydrogens (tertiary/aromatic N) is 1. The quantitative estimate of drug-likeness (QED) is 0.288. The predicted octanol–water partition coefficient (Wildman–Crippen LogP) is -0.276. The van der Waals surface area contributed by atoms with Gasteiger partial charge in [-0.2, -0.15) is 0 Å². The molecule has 0 heterocycles. The van der Waals surface area contributed by atoms with Crippen LogP contribution in [0.1, 0.15) is 52.4 Å². The second kappa shape index (κ2) is 12.2. The van der Waals surface area contributed by atoms with Crippen molar-refractivity contribution in [2.75, 3.05) is 13.1 Å². The molecule has 0 saturated heterocycles. The molecule has 0 aliphatic rings. The van der Waals surface area contributed by atoms with Crippen LogP contribution >= 0.6 is 0 Å². The summed E-state index contributed by atoms with van der Waals surface area (Å²) in [6.07, 6.45) is -1.46. The lowest BCUT2D eigenvalue weighted by atomic mass is 10.0. The van der Waals surface area contributed by atoms with E-state index in [1.54, 1.807) is 0 Å². The molecule has 8 heteroatoms. The Bertz CT molecular complexity index is 377. The molecule has 0 bridgehead atoms. The van der Waals surface area contributed by atoms with Gasteiger partial charge in [0.1, 0.15) is 18.3 Å². The number of unbranched alkanes of at least 4 members (excludes halogenated alkanes) is 5. The van der Waals surface area contributed by atoms with Gasteiger partial charge >= 0.3 is 5.97 Å². The highest BCUT2D eigenvalue weighted by Crippen LogP contribution is 2.10. The summed E-state index contributed by atoms with van der Waals surface area (Å²) in [6, 6.07) is 0. The molecule has 0 aromatic carbocycles. The summed E-state index contributed by atoms with van der Waals surface area (Å²) in [5.41, 5.74) is 0. The van der Waals surface area contributed by atoms with Crippen molar-refractivity contribution in [3.05, 3.63) is 0 Å². The van der Waals surface area contributed by atoms with Gasteiger partial charge in [0.2, 0.25) is 5.91 Å². The fourth-order valence-corrected chi connectivity index (χ4v) is 2.35. The lowest BCUT2D eigenvalue weighted by molar-refractivity contribution is -0.164. The highest BCUT2D eigenvalue weighted by molar-refractivity contribution is 5.73. The number of amides is 1. The molecule has 24 heavy (non-hydrogen) atoms. The largest absolute Gasteiger partial charge is 0.479 e. The summed E-state index contributed by atoms with van der Waals surface area (Å²) in [5, 5.41) is 47.0. The minimum atomic E-state index is -2.21. The molecule has 0 aromatic rings. The SMILES string of the molecule is CCCCCCCCN(C[C@H](O)[C@@H](O)[C@@H](O)[C@H](O)C(=O)O)C(C)=O. The van der Waals surface area contributed by atoms with E-state index in [1.807, 2.05) is 0 Å². The van der Waals surface area contributed by atoms with E-state index in [0.717, 1.165) is 32.1 Å². The van der Waals surface area contributed by atoms with Crippen LogP contribution in [0.5, 0.6) is 0 Å². The summed E-state index contributed by atoms with van der Waals surface area (Å²) >= 11 is 0. The Morgan fingerprint density at radius 3 is 1.96 bits per heavy atom. The number of carboxylic acids is 1. The monoisotopic (exact) mass is 349 g/mol. The van der Waals surface area contributed by atoms with Crippen molar-refractivity contribution in [3.8, 4) is 0 Å². The van der Waals surface area contributed by atoms with Gasteiger partial charge in [0.25, 0.3) is 0 Å². The van der Waals surface area contributed by atoms with Gasteiger partial charge in [0.15, 0.2) is 6.10 Å². The number of hydrogen-bond acceptors (Lipinski definition) is 6. The first kappa shape index (κ1) is 22.8. The van der Waals surface area contributed by atoms with Gasteiger partial charge in [0.05, 0.1) is 0 Å². The number of aliphatic hydroxyl groups is 4. The van der Waals surface area contributed by atoms with Crippen molar-refractivity contribution < 1.29 is 35.1 Å². The van der Waals surface area contributed by atoms with E-state index in [0.29, 0.717) is 6.54 Å². The fraction of sp³-hybridized carbons (Fsp3) is 0.875. The zero-order valence-corrected chi connectivity index (χ0v) is 14.5. The van der Waals surface area contributed by atoms with Crippen LogP contribution in [0.25, 0.3) is 0 Å². The van der Waals surface area contributed by atoms with E-state index in [9.17, 15) is 30.0 Å². The Morgan fingerprint density at radius 1 is 0.917 bits per heavy atom. The Balaban J connectivity index is 4.38. The number of carbonyl (C=O) groups excluding carboxylic acids is 1. The molecular formula is C16H31NO7. The van der Waals surface area contributed by atoms with Crippen molar-refractivity contribution in [2.24, 2.45) is 0 Å². The van der Waals surface area contributed by atoms with Gasteiger partial charge < -0.3 is 30.4 Å². The van der Waals surface area contributed by atoms with E-state index in [4.69, 9.17) is 5.11 Å². The van der Waals surface area contributed by atoms with Crippen molar-refractivity contribution in [3.63, 3.8) is 0 Å². The Morgan fingerprint density at radius 2 is 1.46 bits per heavy atom. The third-order valence-electron chi connectivity index (χ3n) is 3.96. The zero-order valence-electron chi connectivity index (χ0n) is 14.5. The maximum atomic E-state index is 11.6. The number of carbonyl (C=O) groups is 2. The summed E-state index contributed by atoms with van der Waals surface area (Å²) in [6.45, 7) is 3.62. The first-order valence-corrected chi connectivity index (χ1v) is 8.42. The molecule has 0 radical (unpaired) electrons. The molecule has 0 unspecified atom stereocenters. The lowest BCUT2D eigenvalue weighted by Gasteiger charge is -2.29. The Kier molecular flexibility index (Phi) is 11.6. The minimum absolute atomic E-state index is 0.241. The molecule has 4 atom stereocenters. The molecular weight excluding hydrogens is 318 g/mol. The molecule has 142 valence electrons. The van der Waals surface area contributed by atoms with Crippen molar-refractivity contribution in [1.82, 2.24) is 4.90 Å². The smallest absolute Gasteiger partial charge is 0.335 e. The van der Waals surface area contributed by atoms with E-state index in [1.165, 1.54) is 18.2 Å². The van der Waals surface area contributed by atoms with E-state index < -0.39 is 30.4 Å². The van der Waals surface area contributed by atoms with Gasteiger partial charge in [0, 0.05) is 20.0 Å². The molecule has 0 spiro atoms. The van der Waals surface area contributed by atoms with E-state index >= 15 is 0 Å². The number of aliphatic hydroxyl groups excluding tert-OH is 4. The number of hydrogen-bond donors (Lipinski definition) is 5. The molecule has 0 saturated carbocycles.